The van der Waals surface area contributed by atoms with Crippen molar-refractivity contribution in [1.82, 2.24) is 15.1 Å². The largest absolute Gasteiger partial charge is 0.368 e. The average molecular weight is 401 g/mol. The lowest BCUT2D eigenvalue weighted by atomic mass is 10.1. The number of nitrogens with zero attached hydrogens (tertiary/aromatic N) is 3. The highest BCUT2D eigenvalue weighted by Crippen LogP contribution is 2.20. The van der Waals surface area contributed by atoms with Crippen LogP contribution in [0.3, 0.4) is 0 Å². The van der Waals surface area contributed by atoms with Crippen LogP contribution in [0.1, 0.15) is 5.56 Å². The van der Waals surface area contributed by atoms with Crippen molar-refractivity contribution in [3.63, 3.8) is 0 Å². The van der Waals surface area contributed by atoms with Gasteiger partial charge >= 0.3 is 6.03 Å². The number of rotatable bonds is 6. The molecule has 2 amide bonds. The van der Waals surface area contributed by atoms with Crippen molar-refractivity contribution in [3.05, 3.63) is 65.2 Å². The number of piperazine rings is 1. The minimum absolute atomic E-state index is 0.0218. The molecule has 0 spiro atoms. The van der Waals surface area contributed by atoms with Crippen LogP contribution in [0.4, 0.5) is 10.5 Å². The van der Waals surface area contributed by atoms with Crippen LogP contribution in [0.5, 0.6) is 0 Å². The van der Waals surface area contributed by atoms with Crippen molar-refractivity contribution in [2.45, 2.75) is 12.5 Å². The third-order valence-corrected chi connectivity index (χ3v) is 5.21. The van der Waals surface area contributed by atoms with Gasteiger partial charge in [0.2, 0.25) is 0 Å². The second-order valence-electron chi connectivity index (χ2n) is 7.55. The highest BCUT2D eigenvalue weighted by molar-refractivity contribution is 6.30. The Kier molecular flexibility index (Phi) is 7.18. The number of likely N-dealkylation sites (N-methyl/N-ethyl adjacent to an activating group) is 1. The Morgan fingerprint density at radius 3 is 2.43 bits per heavy atom. The summed E-state index contributed by atoms with van der Waals surface area (Å²) in [5.74, 6) is 0. The smallest absolute Gasteiger partial charge is 0.317 e. The maximum atomic E-state index is 12.8. The molecule has 1 unspecified atom stereocenters. The second kappa shape index (κ2) is 9.80. The fourth-order valence-corrected chi connectivity index (χ4v) is 3.79. The molecule has 0 aliphatic carbocycles. The molecule has 1 N–H and O–H groups in total. The number of urea groups is 1. The van der Waals surface area contributed by atoms with E-state index in [1.54, 1.807) is 0 Å². The predicted octanol–water partition coefficient (Wildman–Crippen LogP) is 3.34. The van der Waals surface area contributed by atoms with E-state index in [0.29, 0.717) is 13.1 Å². The number of amides is 2. The van der Waals surface area contributed by atoms with E-state index >= 15 is 0 Å². The Morgan fingerprint density at radius 1 is 1.07 bits per heavy atom. The molecule has 1 aliphatic rings. The standard InChI is InChI=1S/C22H29ClN4O/c1-25(2)17-20(15-18-7-4-3-5-8-18)24-22(28)27-13-11-26(12-14-27)21-10-6-9-19(23)16-21/h3-10,16,20H,11-15,17H2,1-2H3,(H,24,28). The third kappa shape index (κ3) is 5.88. The maximum Gasteiger partial charge on any atom is 0.317 e. The molecule has 1 saturated heterocycles. The van der Waals surface area contributed by atoms with Gasteiger partial charge in [0, 0.05) is 49.5 Å². The zero-order valence-electron chi connectivity index (χ0n) is 16.6. The Balaban J connectivity index is 1.55. The fraction of sp³-hybridized carbons (Fsp3) is 0.409. The van der Waals surface area contributed by atoms with Crippen LogP contribution in [0.2, 0.25) is 5.02 Å². The molecule has 0 bridgehead atoms. The van der Waals surface area contributed by atoms with Gasteiger partial charge in [-0.25, -0.2) is 4.79 Å². The number of halogens is 1. The Bertz CT molecular complexity index is 760. The van der Waals surface area contributed by atoms with E-state index in [-0.39, 0.29) is 12.1 Å². The quantitative estimate of drug-likeness (QED) is 0.808. The lowest BCUT2D eigenvalue weighted by Gasteiger charge is -2.37. The lowest BCUT2D eigenvalue weighted by Crippen LogP contribution is -2.55. The molecule has 2 aromatic rings. The summed E-state index contributed by atoms with van der Waals surface area (Å²) in [4.78, 5) is 19.1. The van der Waals surface area contributed by atoms with E-state index in [2.05, 4.69) is 33.3 Å². The first-order valence-corrected chi connectivity index (χ1v) is 10.1. The minimum atomic E-state index is 0.0218. The van der Waals surface area contributed by atoms with Gasteiger partial charge in [-0.1, -0.05) is 48.0 Å². The normalized spacial score (nSPS) is 15.6. The topological polar surface area (TPSA) is 38.8 Å². The number of nitrogens with one attached hydrogen (secondary N) is 1. The van der Waals surface area contributed by atoms with Crippen LogP contribution < -0.4 is 10.2 Å². The SMILES string of the molecule is CN(C)CC(Cc1ccccc1)NC(=O)N1CCN(c2cccc(Cl)c2)CC1. The van der Waals surface area contributed by atoms with Crippen LogP contribution in [0, 0.1) is 0 Å². The van der Waals surface area contributed by atoms with Crippen molar-refractivity contribution in [2.75, 3.05) is 51.7 Å². The maximum absolute atomic E-state index is 12.8. The van der Waals surface area contributed by atoms with Gasteiger partial charge in [0.15, 0.2) is 0 Å². The second-order valence-corrected chi connectivity index (χ2v) is 7.99. The van der Waals surface area contributed by atoms with Gasteiger partial charge in [-0.3, -0.25) is 0 Å². The molecule has 2 aromatic carbocycles. The molecule has 1 heterocycles. The van der Waals surface area contributed by atoms with Gasteiger partial charge in [-0.15, -0.1) is 0 Å². The number of benzene rings is 2. The number of carbonyl (C=O) groups excluding carboxylic acids is 1. The molecule has 0 saturated carbocycles. The van der Waals surface area contributed by atoms with Gasteiger partial charge in [-0.2, -0.15) is 0 Å². The summed E-state index contributed by atoms with van der Waals surface area (Å²) in [6.45, 7) is 3.84. The van der Waals surface area contributed by atoms with E-state index in [4.69, 9.17) is 11.6 Å². The molecule has 3 rings (SSSR count). The summed E-state index contributed by atoms with van der Waals surface area (Å²) in [6.07, 6.45) is 0.827. The van der Waals surface area contributed by atoms with Gasteiger partial charge in [0.05, 0.1) is 0 Å². The van der Waals surface area contributed by atoms with E-state index < -0.39 is 0 Å². The van der Waals surface area contributed by atoms with E-state index in [9.17, 15) is 4.79 Å². The van der Waals surface area contributed by atoms with E-state index in [1.165, 1.54) is 5.56 Å². The van der Waals surface area contributed by atoms with Crippen molar-refractivity contribution < 1.29 is 4.79 Å². The number of hydrogen-bond donors (Lipinski definition) is 1. The number of carbonyl (C=O) groups is 1. The van der Waals surface area contributed by atoms with Crippen molar-refractivity contribution >= 4 is 23.3 Å². The first kappa shape index (κ1) is 20.5. The summed E-state index contributed by atoms with van der Waals surface area (Å²) in [5.41, 5.74) is 2.35. The average Bonchev–Trinajstić information content (AvgIpc) is 2.68. The molecule has 0 aromatic heterocycles. The predicted molar refractivity (Wildman–Crippen MR) is 116 cm³/mol. The van der Waals surface area contributed by atoms with Crippen LogP contribution >= 0.6 is 11.6 Å². The van der Waals surface area contributed by atoms with Gasteiger partial charge in [-0.05, 0) is 44.3 Å². The molecular formula is C22H29ClN4O. The molecule has 150 valence electrons. The molecule has 0 radical (unpaired) electrons. The van der Waals surface area contributed by atoms with E-state index in [1.807, 2.05) is 55.4 Å². The molecule has 1 fully saturated rings. The zero-order chi connectivity index (χ0) is 19.9. The Labute approximate surface area is 172 Å². The molecule has 5 nitrogen and oxygen atoms in total. The third-order valence-electron chi connectivity index (χ3n) is 4.98. The van der Waals surface area contributed by atoms with E-state index in [0.717, 1.165) is 36.8 Å². The first-order chi connectivity index (χ1) is 13.5. The summed E-state index contributed by atoms with van der Waals surface area (Å²) >= 11 is 6.10. The molecule has 6 heteroatoms. The Morgan fingerprint density at radius 2 is 1.79 bits per heavy atom. The summed E-state index contributed by atoms with van der Waals surface area (Å²) in [6, 6.07) is 18.3. The van der Waals surface area contributed by atoms with Gasteiger partial charge in [0.1, 0.15) is 0 Å². The van der Waals surface area contributed by atoms with Crippen molar-refractivity contribution in [2.24, 2.45) is 0 Å². The van der Waals surface area contributed by atoms with Crippen LogP contribution in [-0.2, 0) is 6.42 Å². The van der Waals surface area contributed by atoms with Crippen LogP contribution in [-0.4, -0.2) is 68.7 Å². The Hall–Kier alpha value is -2.24. The highest BCUT2D eigenvalue weighted by Gasteiger charge is 2.23. The molecule has 1 aliphatic heterocycles. The fourth-order valence-electron chi connectivity index (χ4n) is 3.61. The van der Waals surface area contributed by atoms with Crippen molar-refractivity contribution in [3.8, 4) is 0 Å². The number of anilines is 1. The van der Waals surface area contributed by atoms with Crippen LogP contribution in [0.25, 0.3) is 0 Å². The molecular weight excluding hydrogens is 372 g/mol. The van der Waals surface area contributed by atoms with Crippen molar-refractivity contribution in [1.29, 1.82) is 0 Å². The molecule has 28 heavy (non-hydrogen) atoms. The monoisotopic (exact) mass is 400 g/mol. The summed E-state index contributed by atoms with van der Waals surface area (Å²) in [7, 11) is 4.07. The zero-order valence-corrected chi connectivity index (χ0v) is 17.4. The van der Waals surface area contributed by atoms with Gasteiger partial charge in [0.25, 0.3) is 0 Å². The summed E-state index contributed by atoms with van der Waals surface area (Å²) in [5, 5.41) is 3.98. The highest BCUT2D eigenvalue weighted by atomic mass is 35.5. The van der Waals surface area contributed by atoms with Gasteiger partial charge < -0.3 is 20.0 Å². The first-order valence-electron chi connectivity index (χ1n) is 9.76. The molecule has 1 atom stereocenters. The number of hydrogen-bond acceptors (Lipinski definition) is 3. The lowest BCUT2D eigenvalue weighted by molar-refractivity contribution is 0.187. The minimum Gasteiger partial charge on any atom is -0.368 e. The van der Waals surface area contributed by atoms with Crippen LogP contribution in [0.15, 0.2) is 54.6 Å². The summed E-state index contributed by atoms with van der Waals surface area (Å²) < 4.78 is 0.